The van der Waals surface area contributed by atoms with E-state index in [4.69, 9.17) is 9.72 Å². The average molecular weight is 389 g/mol. The van der Waals surface area contributed by atoms with Crippen LogP contribution in [-0.4, -0.2) is 51.1 Å². The quantitative estimate of drug-likeness (QED) is 0.672. The van der Waals surface area contributed by atoms with Gasteiger partial charge in [-0.05, 0) is 38.0 Å². The minimum Gasteiger partial charge on any atom is -0.378 e. The predicted molar refractivity (Wildman–Crippen MR) is 108 cm³/mol. The minimum atomic E-state index is 0.106. The maximum absolute atomic E-state index is 11.7. The zero-order valence-corrected chi connectivity index (χ0v) is 16.6. The second kappa shape index (κ2) is 6.82. The van der Waals surface area contributed by atoms with E-state index in [9.17, 15) is 10.1 Å². The fraction of sp³-hybridized carbons (Fsp3) is 0.455. The number of fused-ring (bicyclic) bond motifs is 3. The number of pyridine rings is 1. The molecule has 2 aromatic heterocycles. The second-order valence-electron chi connectivity index (χ2n) is 8.16. The first-order chi connectivity index (χ1) is 14.0. The molecule has 0 radical (unpaired) electrons. The molecule has 148 valence electrons. The third-order valence-electron chi connectivity index (χ3n) is 6.19. The van der Waals surface area contributed by atoms with Crippen molar-refractivity contribution in [1.29, 1.82) is 5.26 Å². The van der Waals surface area contributed by atoms with E-state index in [1.165, 1.54) is 0 Å². The molecule has 0 N–H and O–H groups in total. The van der Waals surface area contributed by atoms with Gasteiger partial charge in [-0.3, -0.25) is 9.78 Å². The lowest BCUT2D eigenvalue weighted by Crippen LogP contribution is -2.48. The summed E-state index contributed by atoms with van der Waals surface area (Å²) in [6.45, 7) is 5.85. The Morgan fingerprint density at radius 2 is 2.14 bits per heavy atom. The van der Waals surface area contributed by atoms with E-state index in [1.54, 1.807) is 13.0 Å². The van der Waals surface area contributed by atoms with Gasteiger partial charge in [0.05, 0.1) is 40.9 Å². The molecule has 2 atom stereocenters. The maximum Gasteiger partial charge on any atom is 0.219 e. The molecule has 4 heterocycles. The molecule has 2 saturated heterocycles. The molecule has 0 unspecified atom stereocenters. The Morgan fingerprint density at radius 1 is 1.31 bits per heavy atom. The molecular weight excluding hydrogens is 366 g/mol. The number of hydrogen-bond donors (Lipinski definition) is 0. The first-order valence-electron chi connectivity index (χ1n) is 10.1. The number of likely N-dealkylation sites (tertiary alicyclic amines) is 1. The highest BCUT2D eigenvalue weighted by molar-refractivity contribution is 6.03. The monoisotopic (exact) mass is 389 g/mol. The van der Waals surface area contributed by atoms with Crippen LogP contribution in [0.25, 0.3) is 21.9 Å². The number of imidazole rings is 1. The molecule has 3 aromatic rings. The number of carbonyl (C=O) groups excluding carboxylic acids is 1. The number of rotatable bonds is 2. The highest BCUT2D eigenvalue weighted by atomic mass is 16.5. The average Bonchev–Trinajstić information content (AvgIpc) is 3.05. The van der Waals surface area contributed by atoms with Crippen molar-refractivity contribution < 1.29 is 9.53 Å². The van der Waals surface area contributed by atoms with Crippen molar-refractivity contribution in [3.63, 3.8) is 0 Å². The summed E-state index contributed by atoms with van der Waals surface area (Å²) in [4.78, 5) is 23.1. The lowest BCUT2D eigenvalue weighted by Gasteiger charge is -2.39. The number of amides is 1. The number of nitriles is 1. The van der Waals surface area contributed by atoms with Crippen LogP contribution >= 0.6 is 0 Å². The highest BCUT2D eigenvalue weighted by Gasteiger charge is 2.36. The molecule has 0 spiro atoms. The van der Waals surface area contributed by atoms with Crippen LogP contribution in [0.5, 0.6) is 0 Å². The topological polar surface area (TPSA) is 84.0 Å². The molecule has 2 fully saturated rings. The largest absolute Gasteiger partial charge is 0.378 e. The molecular formula is C22H23N5O2. The number of ether oxygens (including phenoxy) is 1. The summed E-state index contributed by atoms with van der Waals surface area (Å²) in [7, 11) is 0. The maximum atomic E-state index is 11.7. The fourth-order valence-corrected chi connectivity index (χ4v) is 4.63. The van der Waals surface area contributed by atoms with Crippen molar-refractivity contribution in [3.05, 3.63) is 35.8 Å². The van der Waals surface area contributed by atoms with Gasteiger partial charge in [-0.25, -0.2) is 4.98 Å². The molecule has 5 rings (SSSR count). The smallest absolute Gasteiger partial charge is 0.219 e. The number of hydrogen-bond acceptors (Lipinski definition) is 5. The van der Waals surface area contributed by atoms with Crippen LogP contribution in [0.1, 0.15) is 50.0 Å². The summed E-state index contributed by atoms with van der Waals surface area (Å²) in [6.07, 6.45) is 3.86. The molecule has 1 aromatic carbocycles. The molecule has 0 aliphatic carbocycles. The number of aromatic nitrogens is 3. The van der Waals surface area contributed by atoms with Crippen LogP contribution in [0.4, 0.5) is 0 Å². The Morgan fingerprint density at radius 3 is 2.86 bits per heavy atom. The van der Waals surface area contributed by atoms with E-state index in [2.05, 4.69) is 22.5 Å². The van der Waals surface area contributed by atoms with Crippen molar-refractivity contribution in [1.82, 2.24) is 19.4 Å². The number of nitrogens with zero attached hydrogens (tertiary/aromatic N) is 5. The van der Waals surface area contributed by atoms with Crippen LogP contribution in [0.15, 0.2) is 24.4 Å². The van der Waals surface area contributed by atoms with Crippen molar-refractivity contribution in [2.45, 2.75) is 44.8 Å². The van der Waals surface area contributed by atoms with Crippen LogP contribution in [0, 0.1) is 11.3 Å². The summed E-state index contributed by atoms with van der Waals surface area (Å²) >= 11 is 0. The van der Waals surface area contributed by atoms with E-state index in [-0.39, 0.29) is 24.0 Å². The van der Waals surface area contributed by atoms with Crippen molar-refractivity contribution in [3.8, 4) is 6.07 Å². The second-order valence-corrected chi connectivity index (χ2v) is 8.16. The Hall–Kier alpha value is -2.98. The fourth-order valence-electron chi connectivity index (χ4n) is 4.63. The van der Waals surface area contributed by atoms with Crippen LogP contribution < -0.4 is 0 Å². The van der Waals surface area contributed by atoms with Gasteiger partial charge in [0.15, 0.2) is 0 Å². The van der Waals surface area contributed by atoms with Crippen LogP contribution in [0.2, 0.25) is 0 Å². The summed E-state index contributed by atoms with van der Waals surface area (Å²) in [5, 5.41) is 10.4. The van der Waals surface area contributed by atoms with Gasteiger partial charge in [0.1, 0.15) is 11.3 Å². The lowest BCUT2D eigenvalue weighted by molar-refractivity contribution is -0.133. The van der Waals surface area contributed by atoms with Crippen molar-refractivity contribution >= 4 is 27.8 Å². The summed E-state index contributed by atoms with van der Waals surface area (Å²) in [5.41, 5.74) is 3.38. The van der Waals surface area contributed by atoms with Gasteiger partial charge in [-0.2, -0.15) is 5.26 Å². The Balaban J connectivity index is 1.71. The summed E-state index contributed by atoms with van der Waals surface area (Å²) < 4.78 is 8.15. The molecule has 0 saturated carbocycles. The van der Waals surface area contributed by atoms with Gasteiger partial charge >= 0.3 is 0 Å². The van der Waals surface area contributed by atoms with E-state index in [1.807, 2.05) is 23.2 Å². The first kappa shape index (κ1) is 18.1. The van der Waals surface area contributed by atoms with E-state index in [0.717, 1.165) is 47.2 Å². The molecule has 2 aliphatic rings. The van der Waals surface area contributed by atoms with E-state index >= 15 is 0 Å². The summed E-state index contributed by atoms with van der Waals surface area (Å²) in [5.74, 6) is 1.35. The molecule has 2 aliphatic heterocycles. The Labute approximate surface area is 168 Å². The zero-order chi connectivity index (χ0) is 20.1. The molecule has 1 amide bonds. The van der Waals surface area contributed by atoms with Gasteiger partial charge < -0.3 is 14.2 Å². The zero-order valence-electron chi connectivity index (χ0n) is 16.6. The molecule has 7 nitrogen and oxygen atoms in total. The lowest BCUT2D eigenvalue weighted by atomic mass is 9.97. The van der Waals surface area contributed by atoms with Gasteiger partial charge in [-0.15, -0.1) is 0 Å². The van der Waals surface area contributed by atoms with Crippen molar-refractivity contribution in [2.24, 2.45) is 0 Å². The van der Waals surface area contributed by atoms with Gasteiger partial charge in [-0.1, -0.05) is 0 Å². The van der Waals surface area contributed by atoms with Gasteiger partial charge in [0.2, 0.25) is 5.91 Å². The number of carbonyl (C=O) groups is 1. The van der Waals surface area contributed by atoms with Crippen LogP contribution in [0.3, 0.4) is 0 Å². The predicted octanol–water partition coefficient (Wildman–Crippen LogP) is 3.14. The van der Waals surface area contributed by atoms with Gasteiger partial charge in [0.25, 0.3) is 0 Å². The SMILES string of the molecule is CC(=O)N1CC(c2nc3cnc4ccc(C#N)cc4c3n2[C@@H]2CCO[C@H](C)C2)C1. The van der Waals surface area contributed by atoms with Crippen molar-refractivity contribution in [2.75, 3.05) is 19.7 Å². The first-order valence-corrected chi connectivity index (χ1v) is 10.1. The molecule has 29 heavy (non-hydrogen) atoms. The Bertz CT molecular complexity index is 1160. The minimum absolute atomic E-state index is 0.106. The third-order valence-corrected chi connectivity index (χ3v) is 6.19. The summed E-state index contributed by atoms with van der Waals surface area (Å²) in [6, 6.07) is 8.13. The standard InChI is InChI=1S/C22H23N5O2/c1-13-7-17(5-6-29-13)27-21-18-8-15(9-23)3-4-19(18)24-10-20(21)25-22(27)16-11-26(12-16)14(2)28/h3-4,8,10,13,16-17H,5-7,11-12H2,1-2H3/t13-,17-/m1/s1. The molecule has 0 bridgehead atoms. The van der Waals surface area contributed by atoms with E-state index < -0.39 is 0 Å². The van der Waals surface area contributed by atoms with E-state index in [0.29, 0.717) is 18.7 Å². The number of benzene rings is 1. The van der Waals surface area contributed by atoms with Gasteiger partial charge in [0, 0.05) is 38.0 Å². The highest BCUT2D eigenvalue weighted by Crippen LogP contribution is 2.38. The molecule has 7 heteroatoms. The van der Waals surface area contributed by atoms with Crippen LogP contribution in [-0.2, 0) is 9.53 Å². The normalized spacial score (nSPS) is 22.6. The Kier molecular flexibility index (Phi) is 4.25. The third kappa shape index (κ3) is 2.95.